The Morgan fingerprint density at radius 2 is 2.00 bits per heavy atom. The number of carbonyl (C=O) groups is 1. The number of esters is 1. The van der Waals surface area contributed by atoms with E-state index in [9.17, 15) is 20.0 Å². The minimum atomic E-state index is -4.28. The first-order chi connectivity index (χ1) is 20.8. The fraction of sp³-hybridized carbons (Fsp3) is 0.538. The summed E-state index contributed by atoms with van der Waals surface area (Å²) in [5, 5.41) is 17.8. The van der Waals surface area contributed by atoms with Gasteiger partial charge in [0.2, 0.25) is 11.8 Å². The van der Waals surface area contributed by atoms with Crippen molar-refractivity contribution in [2.75, 3.05) is 19.5 Å². The summed E-state index contributed by atoms with van der Waals surface area (Å²) in [4.78, 5) is 28.0. The Morgan fingerprint density at radius 3 is 2.64 bits per heavy atom. The molecule has 0 radical (unpaired) electrons. The van der Waals surface area contributed by atoms with E-state index >= 15 is 0 Å². The maximum absolute atomic E-state index is 14.1. The highest BCUT2D eigenvalue weighted by molar-refractivity contribution is 7.51. The molecule has 1 saturated heterocycles. The highest BCUT2D eigenvalue weighted by Crippen LogP contribution is 2.50. The molecule has 0 spiro atoms. The van der Waals surface area contributed by atoms with Gasteiger partial charge in [0, 0.05) is 4.91 Å². The zero-order valence-corrected chi connectivity index (χ0v) is 26.0. The van der Waals surface area contributed by atoms with Crippen LogP contribution < -0.4 is 15.6 Å². The number of hydrogen-bond acceptors (Lipinski definition) is 13. The molecule has 3 aromatic rings. The zero-order valence-electron chi connectivity index (χ0n) is 25.1. The highest BCUT2D eigenvalue weighted by atomic mass is 31.2. The number of nitrogens with zero attached hydrogens (tertiary/aromatic N) is 7. The standard InChI is InChI=1S/C26H36N9O8P/c1-14(2)41-23(37)15(3)32-44(38,43-16(4)17-10-8-7-9-11-17)40-12-18-20(36)26(5,33-34-28)24(42-18)35-13-29-19-21(35)30-25(27)31-22(19)39-6/h7-11,13-16,18,20,24,36H,12H2,1-6H3,(H,32,38)(H2,27,30,31)/t15-,16+,18+,20+,24+,26+,44?/m0/s1. The van der Waals surface area contributed by atoms with Gasteiger partial charge in [0.1, 0.15) is 17.7 Å². The Bertz CT molecular complexity index is 1570. The topological polar surface area (TPSA) is 231 Å². The average Bonchev–Trinajstić information content (AvgIpc) is 3.49. The van der Waals surface area contributed by atoms with Gasteiger partial charge in [0.25, 0.3) is 0 Å². The third-order valence-corrected chi connectivity index (χ3v) is 8.69. The van der Waals surface area contributed by atoms with Gasteiger partial charge in [-0.1, -0.05) is 35.4 Å². The van der Waals surface area contributed by atoms with Gasteiger partial charge in [0.05, 0.1) is 38.4 Å². The SMILES string of the molecule is COc1nc(N)nc2c1ncn2[C@@H]1O[C@H](COP(=O)(N[C@@H](C)C(=O)OC(C)C)O[C@H](C)c2ccccc2)[C@@H](O)[C@@]1(C)N=[N+]=[N-]. The molecule has 1 aliphatic heterocycles. The van der Waals surface area contributed by atoms with E-state index in [0.29, 0.717) is 5.56 Å². The monoisotopic (exact) mass is 633 g/mol. The second-order valence-electron chi connectivity index (χ2n) is 10.6. The quantitative estimate of drug-likeness (QED) is 0.0804. The third-order valence-electron chi connectivity index (χ3n) is 6.90. The molecule has 0 aliphatic carbocycles. The number of nitrogen functional groups attached to an aromatic ring is 1. The van der Waals surface area contributed by atoms with Crippen molar-refractivity contribution in [3.05, 3.63) is 52.7 Å². The zero-order chi connectivity index (χ0) is 32.2. The predicted octanol–water partition coefficient (Wildman–Crippen LogP) is 3.58. The number of anilines is 1. The number of nitrogens with two attached hydrogens (primary N) is 1. The smallest absolute Gasteiger partial charge is 0.406 e. The maximum Gasteiger partial charge on any atom is 0.406 e. The van der Waals surface area contributed by atoms with Crippen LogP contribution in [0.2, 0.25) is 0 Å². The minimum Gasteiger partial charge on any atom is -0.479 e. The summed E-state index contributed by atoms with van der Waals surface area (Å²) in [5.74, 6) is -0.671. The number of nitrogens with one attached hydrogen (secondary N) is 1. The van der Waals surface area contributed by atoms with Gasteiger partial charge >= 0.3 is 13.7 Å². The number of aromatic nitrogens is 4. The Morgan fingerprint density at radius 1 is 1.30 bits per heavy atom. The summed E-state index contributed by atoms with van der Waals surface area (Å²) in [5.41, 5.74) is 14.8. The van der Waals surface area contributed by atoms with Crippen molar-refractivity contribution in [1.29, 1.82) is 0 Å². The van der Waals surface area contributed by atoms with Crippen LogP contribution in [-0.2, 0) is 27.9 Å². The second-order valence-corrected chi connectivity index (χ2v) is 12.3. The number of rotatable bonds is 13. The lowest BCUT2D eigenvalue weighted by Crippen LogP contribution is -2.43. The molecule has 4 N–H and O–H groups in total. The molecule has 1 unspecified atom stereocenters. The van der Waals surface area contributed by atoms with Crippen LogP contribution in [0.4, 0.5) is 5.95 Å². The van der Waals surface area contributed by atoms with E-state index in [-0.39, 0.29) is 23.0 Å². The molecule has 44 heavy (non-hydrogen) atoms. The van der Waals surface area contributed by atoms with Crippen LogP contribution in [-0.4, -0.2) is 74.2 Å². The van der Waals surface area contributed by atoms with Crippen molar-refractivity contribution >= 4 is 30.8 Å². The van der Waals surface area contributed by atoms with Crippen molar-refractivity contribution in [2.45, 2.75) is 76.8 Å². The molecule has 0 bridgehead atoms. The summed E-state index contributed by atoms with van der Waals surface area (Å²) in [6.45, 7) is 7.48. The van der Waals surface area contributed by atoms with E-state index in [4.69, 9.17) is 29.0 Å². The van der Waals surface area contributed by atoms with Crippen LogP contribution in [0, 0.1) is 0 Å². The van der Waals surface area contributed by atoms with Gasteiger partial charge in [-0.3, -0.25) is 18.4 Å². The van der Waals surface area contributed by atoms with Crippen LogP contribution >= 0.6 is 7.75 Å². The summed E-state index contributed by atoms with van der Waals surface area (Å²) in [6, 6.07) is 7.90. The van der Waals surface area contributed by atoms with Crippen LogP contribution in [0.25, 0.3) is 21.6 Å². The summed E-state index contributed by atoms with van der Waals surface area (Å²) < 4.78 is 43.8. The van der Waals surface area contributed by atoms with Crippen LogP contribution in [0.1, 0.15) is 52.5 Å². The van der Waals surface area contributed by atoms with Gasteiger partial charge in [-0.2, -0.15) is 9.97 Å². The number of hydrogen-bond donors (Lipinski definition) is 3. The lowest BCUT2D eigenvalue weighted by molar-refractivity contribution is -0.149. The normalized spacial score (nSPS) is 24.4. The van der Waals surface area contributed by atoms with Crippen LogP contribution in [0.15, 0.2) is 41.8 Å². The fourth-order valence-electron chi connectivity index (χ4n) is 4.69. The van der Waals surface area contributed by atoms with Gasteiger partial charge in [-0.25, -0.2) is 14.6 Å². The first kappa shape index (κ1) is 33.1. The molecule has 4 rings (SSSR count). The Kier molecular flexibility index (Phi) is 10.1. The van der Waals surface area contributed by atoms with Crippen LogP contribution in [0.5, 0.6) is 5.88 Å². The molecule has 1 aromatic carbocycles. The minimum absolute atomic E-state index is 0.108. The van der Waals surface area contributed by atoms with Gasteiger partial charge in [-0.15, -0.1) is 0 Å². The molecule has 1 aliphatic rings. The number of aliphatic hydroxyl groups is 1. The number of carbonyl (C=O) groups excluding carboxylic acids is 1. The first-order valence-electron chi connectivity index (χ1n) is 13.7. The Hall–Kier alpha value is -3.82. The molecular weight excluding hydrogens is 597 g/mol. The van der Waals surface area contributed by atoms with E-state index in [0.717, 1.165) is 0 Å². The summed E-state index contributed by atoms with van der Waals surface area (Å²) in [7, 11) is -2.89. The van der Waals surface area contributed by atoms with Crippen LogP contribution in [0.3, 0.4) is 0 Å². The number of methoxy groups -OCH3 is 1. The first-order valence-corrected chi connectivity index (χ1v) is 15.3. The van der Waals surface area contributed by atoms with Gasteiger partial charge < -0.3 is 25.1 Å². The van der Waals surface area contributed by atoms with E-state index < -0.39 is 62.5 Å². The molecule has 3 heterocycles. The number of benzene rings is 1. The molecule has 18 heteroatoms. The van der Waals surface area contributed by atoms with E-state index in [1.54, 1.807) is 45.0 Å². The average molecular weight is 634 g/mol. The number of azide groups is 1. The lowest BCUT2D eigenvalue weighted by Gasteiger charge is -2.28. The predicted molar refractivity (Wildman–Crippen MR) is 157 cm³/mol. The number of aliphatic hydroxyl groups excluding tert-OH is 1. The van der Waals surface area contributed by atoms with E-state index in [1.807, 2.05) is 6.07 Å². The molecule has 0 amide bonds. The highest BCUT2D eigenvalue weighted by Gasteiger charge is 2.55. The largest absolute Gasteiger partial charge is 0.479 e. The number of ether oxygens (including phenoxy) is 3. The Labute approximate surface area is 253 Å². The molecule has 2 aromatic heterocycles. The van der Waals surface area contributed by atoms with Crippen molar-refractivity contribution in [3.63, 3.8) is 0 Å². The molecule has 1 fully saturated rings. The molecule has 7 atom stereocenters. The van der Waals surface area contributed by atoms with Gasteiger partial charge in [0.15, 0.2) is 17.4 Å². The maximum atomic E-state index is 14.1. The van der Waals surface area contributed by atoms with Crippen molar-refractivity contribution < 1.29 is 37.7 Å². The van der Waals surface area contributed by atoms with Crippen molar-refractivity contribution in [2.24, 2.45) is 5.11 Å². The van der Waals surface area contributed by atoms with Crippen molar-refractivity contribution in [3.8, 4) is 5.88 Å². The lowest BCUT2D eigenvalue weighted by atomic mass is 9.93. The second kappa shape index (κ2) is 13.4. The molecule has 17 nitrogen and oxygen atoms in total. The molecule has 238 valence electrons. The third kappa shape index (κ3) is 6.94. The summed E-state index contributed by atoms with van der Waals surface area (Å²) in [6.07, 6.45) is -3.61. The molecule has 0 saturated carbocycles. The fourth-order valence-corrected chi connectivity index (χ4v) is 6.35. The number of fused-ring (bicyclic) bond motifs is 1. The van der Waals surface area contributed by atoms with Crippen molar-refractivity contribution in [1.82, 2.24) is 24.6 Å². The summed E-state index contributed by atoms with van der Waals surface area (Å²) >= 11 is 0. The van der Waals surface area contributed by atoms with Gasteiger partial charge in [-0.05, 0) is 45.7 Å². The number of imidazole rings is 1. The molecular formula is C26H36N9O8P. The Balaban J connectivity index is 1.62. The van der Waals surface area contributed by atoms with E-state index in [1.165, 1.54) is 31.9 Å². The van der Waals surface area contributed by atoms with E-state index in [2.05, 4.69) is 30.1 Å².